The third-order valence-electron chi connectivity index (χ3n) is 3.26. The summed E-state index contributed by atoms with van der Waals surface area (Å²) < 4.78 is 5.48. The van der Waals surface area contributed by atoms with Gasteiger partial charge in [0.15, 0.2) is 0 Å². The van der Waals surface area contributed by atoms with Crippen LogP contribution in [0.2, 0.25) is 5.02 Å². The lowest BCUT2D eigenvalue weighted by atomic mass is 10.0. The third kappa shape index (κ3) is 2.73. The molecule has 0 spiro atoms. The van der Waals surface area contributed by atoms with Gasteiger partial charge in [-0.1, -0.05) is 17.7 Å². The Kier molecular flexibility index (Phi) is 3.61. The van der Waals surface area contributed by atoms with Crippen LogP contribution in [0.3, 0.4) is 0 Å². The number of ether oxygens (including phenoxy) is 1. The van der Waals surface area contributed by atoms with Crippen LogP contribution in [0.5, 0.6) is 5.75 Å². The standard InChI is InChI=1S/C13H18ClNO2/c1-13(2)9-17-7-6-15(13)8-10-11(14)4-3-5-12(10)16/h3-5,16H,6-9H2,1-2H3. The fourth-order valence-corrected chi connectivity index (χ4v) is 2.31. The van der Waals surface area contributed by atoms with Crippen molar-refractivity contribution in [2.24, 2.45) is 0 Å². The number of phenolic OH excluding ortho intramolecular Hbond substituents is 1. The Morgan fingerprint density at radius 3 is 2.88 bits per heavy atom. The molecule has 0 aromatic heterocycles. The fourth-order valence-electron chi connectivity index (χ4n) is 2.08. The van der Waals surface area contributed by atoms with Gasteiger partial charge in [-0.05, 0) is 26.0 Å². The van der Waals surface area contributed by atoms with E-state index in [2.05, 4.69) is 18.7 Å². The van der Waals surface area contributed by atoms with Gasteiger partial charge in [-0.2, -0.15) is 0 Å². The maximum atomic E-state index is 9.85. The Hall–Kier alpha value is -0.770. The average Bonchev–Trinajstić information content (AvgIpc) is 2.25. The molecule has 1 aromatic carbocycles. The van der Waals surface area contributed by atoms with E-state index in [0.29, 0.717) is 18.2 Å². The van der Waals surface area contributed by atoms with Crippen LogP contribution in [0.4, 0.5) is 0 Å². The SMILES string of the molecule is CC1(C)COCCN1Cc1c(O)cccc1Cl. The zero-order chi connectivity index (χ0) is 12.5. The first-order valence-corrected chi connectivity index (χ1v) is 6.18. The van der Waals surface area contributed by atoms with Crippen molar-refractivity contribution in [3.05, 3.63) is 28.8 Å². The molecule has 0 unspecified atom stereocenters. The van der Waals surface area contributed by atoms with Gasteiger partial charge in [-0.15, -0.1) is 0 Å². The molecule has 17 heavy (non-hydrogen) atoms. The van der Waals surface area contributed by atoms with Crippen LogP contribution < -0.4 is 0 Å². The summed E-state index contributed by atoms with van der Waals surface area (Å²) in [5, 5.41) is 10.5. The number of hydrogen-bond acceptors (Lipinski definition) is 3. The van der Waals surface area contributed by atoms with Crippen molar-refractivity contribution >= 4 is 11.6 Å². The highest BCUT2D eigenvalue weighted by molar-refractivity contribution is 6.31. The number of hydrogen-bond donors (Lipinski definition) is 1. The van der Waals surface area contributed by atoms with Gasteiger partial charge in [0.25, 0.3) is 0 Å². The van der Waals surface area contributed by atoms with E-state index in [1.165, 1.54) is 0 Å². The van der Waals surface area contributed by atoms with E-state index in [0.717, 1.165) is 18.7 Å². The summed E-state index contributed by atoms with van der Waals surface area (Å²) in [6.07, 6.45) is 0. The highest BCUT2D eigenvalue weighted by atomic mass is 35.5. The molecule has 0 radical (unpaired) electrons. The topological polar surface area (TPSA) is 32.7 Å². The minimum atomic E-state index is -0.0239. The molecule has 1 aliphatic heterocycles. The minimum Gasteiger partial charge on any atom is -0.508 e. The molecule has 4 heteroatoms. The molecule has 94 valence electrons. The molecule has 0 atom stereocenters. The molecule has 2 rings (SSSR count). The zero-order valence-electron chi connectivity index (χ0n) is 10.2. The Bertz CT molecular complexity index is 386. The summed E-state index contributed by atoms with van der Waals surface area (Å²) in [6.45, 7) is 7.23. The molecular formula is C13H18ClNO2. The monoisotopic (exact) mass is 255 g/mol. The van der Waals surface area contributed by atoms with Gasteiger partial charge in [0.2, 0.25) is 0 Å². The Morgan fingerprint density at radius 2 is 2.24 bits per heavy atom. The number of morpholine rings is 1. The van der Waals surface area contributed by atoms with Crippen LogP contribution in [0, 0.1) is 0 Å². The second-order valence-corrected chi connectivity index (χ2v) is 5.43. The highest BCUT2D eigenvalue weighted by Gasteiger charge is 2.31. The molecule has 1 aliphatic rings. The lowest BCUT2D eigenvalue weighted by molar-refractivity contribution is -0.0554. The number of nitrogens with zero attached hydrogens (tertiary/aromatic N) is 1. The van der Waals surface area contributed by atoms with E-state index < -0.39 is 0 Å². The van der Waals surface area contributed by atoms with Crippen LogP contribution >= 0.6 is 11.6 Å². The summed E-state index contributed by atoms with van der Waals surface area (Å²) >= 11 is 6.12. The van der Waals surface area contributed by atoms with Gasteiger partial charge in [0.05, 0.1) is 13.2 Å². The van der Waals surface area contributed by atoms with Gasteiger partial charge in [-0.3, -0.25) is 4.90 Å². The van der Waals surface area contributed by atoms with Crippen molar-refractivity contribution in [1.29, 1.82) is 0 Å². The van der Waals surface area contributed by atoms with Crippen molar-refractivity contribution in [3.63, 3.8) is 0 Å². The maximum absolute atomic E-state index is 9.85. The number of halogens is 1. The first-order valence-electron chi connectivity index (χ1n) is 5.80. The van der Waals surface area contributed by atoms with Crippen LogP contribution in [-0.4, -0.2) is 35.3 Å². The number of rotatable bonds is 2. The summed E-state index contributed by atoms with van der Waals surface area (Å²) in [7, 11) is 0. The van der Waals surface area contributed by atoms with Crippen LogP contribution in [0.1, 0.15) is 19.4 Å². The van der Waals surface area contributed by atoms with Crippen LogP contribution in [-0.2, 0) is 11.3 Å². The van der Waals surface area contributed by atoms with E-state index in [1.54, 1.807) is 12.1 Å². The molecule has 0 bridgehead atoms. The first kappa shape index (κ1) is 12.7. The molecule has 1 N–H and O–H groups in total. The van der Waals surface area contributed by atoms with Gasteiger partial charge < -0.3 is 9.84 Å². The van der Waals surface area contributed by atoms with Crippen LogP contribution in [0.15, 0.2) is 18.2 Å². The quantitative estimate of drug-likeness (QED) is 0.882. The fraction of sp³-hybridized carbons (Fsp3) is 0.538. The normalized spacial score (nSPS) is 20.4. The maximum Gasteiger partial charge on any atom is 0.121 e. The van der Waals surface area contributed by atoms with Gasteiger partial charge in [0.1, 0.15) is 5.75 Å². The summed E-state index contributed by atoms with van der Waals surface area (Å²) in [5.74, 6) is 0.264. The number of phenols is 1. The summed E-state index contributed by atoms with van der Waals surface area (Å²) in [5.41, 5.74) is 0.772. The molecule has 1 aromatic rings. The van der Waals surface area contributed by atoms with E-state index >= 15 is 0 Å². The largest absolute Gasteiger partial charge is 0.508 e. The zero-order valence-corrected chi connectivity index (χ0v) is 11.0. The second kappa shape index (κ2) is 4.84. The predicted molar refractivity (Wildman–Crippen MR) is 68.4 cm³/mol. The molecule has 1 heterocycles. The summed E-state index contributed by atoms with van der Waals surface area (Å²) in [4.78, 5) is 2.29. The summed E-state index contributed by atoms with van der Waals surface area (Å²) in [6, 6.07) is 5.24. The number of benzene rings is 1. The van der Waals surface area contributed by atoms with E-state index in [1.807, 2.05) is 6.07 Å². The molecular weight excluding hydrogens is 238 g/mol. The minimum absolute atomic E-state index is 0.0239. The van der Waals surface area contributed by atoms with E-state index in [4.69, 9.17) is 16.3 Å². The Morgan fingerprint density at radius 1 is 1.47 bits per heavy atom. The van der Waals surface area contributed by atoms with Crippen LogP contribution in [0.25, 0.3) is 0 Å². The predicted octanol–water partition coefficient (Wildman–Crippen LogP) is 2.66. The molecule has 0 saturated carbocycles. The van der Waals surface area contributed by atoms with E-state index in [9.17, 15) is 5.11 Å². The molecule has 0 aliphatic carbocycles. The van der Waals surface area contributed by atoms with Gasteiger partial charge in [-0.25, -0.2) is 0 Å². The molecule has 3 nitrogen and oxygen atoms in total. The van der Waals surface area contributed by atoms with Crippen molar-refractivity contribution in [2.45, 2.75) is 25.9 Å². The lowest BCUT2D eigenvalue weighted by Crippen LogP contribution is -2.52. The van der Waals surface area contributed by atoms with Crippen molar-refractivity contribution < 1.29 is 9.84 Å². The Labute approximate surface area is 107 Å². The average molecular weight is 256 g/mol. The van der Waals surface area contributed by atoms with Gasteiger partial charge >= 0.3 is 0 Å². The highest BCUT2D eigenvalue weighted by Crippen LogP contribution is 2.30. The second-order valence-electron chi connectivity index (χ2n) is 5.02. The molecule has 1 fully saturated rings. The lowest BCUT2D eigenvalue weighted by Gasteiger charge is -2.42. The van der Waals surface area contributed by atoms with Crippen molar-refractivity contribution in [3.8, 4) is 5.75 Å². The smallest absolute Gasteiger partial charge is 0.121 e. The van der Waals surface area contributed by atoms with Crippen molar-refractivity contribution in [2.75, 3.05) is 19.8 Å². The van der Waals surface area contributed by atoms with Gasteiger partial charge in [0, 0.05) is 29.2 Å². The first-order chi connectivity index (χ1) is 8.00. The molecule has 0 amide bonds. The van der Waals surface area contributed by atoms with Crippen molar-refractivity contribution in [1.82, 2.24) is 4.90 Å². The van der Waals surface area contributed by atoms with E-state index in [-0.39, 0.29) is 11.3 Å². The third-order valence-corrected chi connectivity index (χ3v) is 3.61. The molecule has 1 saturated heterocycles. The number of aromatic hydroxyl groups is 1. The Balaban J connectivity index is 2.20.